The molecule has 0 spiro atoms. The number of carbonyl (C=O) groups excluding carboxylic acids is 2. The van der Waals surface area contributed by atoms with Crippen LogP contribution in [-0.2, 0) is 11.3 Å². The third-order valence-corrected chi connectivity index (χ3v) is 4.27. The number of amides is 2. The Kier molecular flexibility index (Phi) is 8.29. The summed E-state index contributed by atoms with van der Waals surface area (Å²) in [7, 11) is 3.61. The van der Waals surface area contributed by atoms with Crippen LogP contribution in [0.4, 0.5) is 0 Å². The highest BCUT2D eigenvalue weighted by atomic mass is 16.5. The molecule has 0 N–H and O–H groups in total. The maximum absolute atomic E-state index is 13.1. The Labute approximate surface area is 183 Å². The lowest BCUT2D eigenvalue weighted by atomic mass is 9.95. The molecule has 30 heavy (non-hydrogen) atoms. The highest BCUT2D eigenvalue weighted by Crippen LogP contribution is 2.21. The first-order chi connectivity index (χ1) is 13.4. The molecule has 1 rings (SSSR count). The van der Waals surface area contributed by atoms with E-state index in [4.69, 9.17) is 4.74 Å². The lowest BCUT2D eigenvalue weighted by Crippen LogP contribution is -2.36. The molecule has 0 fully saturated rings. The first-order valence-corrected chi connectivity index (χ1v) is 10.7. The number of ether oxygens (including phenoxy) is 1. The van der Waals surface area contributed by atoms with Crippen molar-refractivity contribution in [1.29, 1.82) is 0 Å². The van der Waals surface area contributed by atoms with Gasteiger partial charge >= 0.3 is 0 Å². The van der Waals surface area contributed by atoms with Gasteiger partial charge in [-0.1, -0.05) is 41.5 Å². The van der Waals surface area contributed by atoms with Crippen molar-refractivity contribution in [2.75, 3.05) is 27.2 Å². The van der Waals surface area contributed by atoms with Crippen molar-refractivity contribution >= 4 is 11.8 Å². The van der Waals surface area contributed by atoms with Gasteiger partial charge in [0.05, 0.1) is 12.2 Å². The van der Waals surface area contributed by atoms with E-state index in [1.807, 2.05) is 32.9 Å². The number of hydrogen-bond donors (Lipinski definition) is 0. The average molecular weight is 419 g/mol. The van der Waals surface area contributed by atoms with Gasteiger partial charge < -0.3 is 14.5 Å². The molecule has 0 bridgehead atoms. The van der Waals surface area contributed by atoms with Gasteiger partial charge in [-0.15, -0.1) is 0 Å². The molecule has 170 valence electrons. The maximum atomic E-state index is 13.1. The Morgan fingerprint density at radius 3 is 1.40 bits per heavy atom. The van der Waals surface area contributed by atoms with Gasteiger partial charge in [-0.3, -0.25) is 9.59 Å². The normalized spacial score (nSPS) is 12.6. The topological polar surface area (TPSA) is 49.9 Å². The third-order valence-electron chi connectivity index (χ3n) is 4.27. The molecule has 5 nitrogen and oxygen atoms in total. The van der Waals surface area contributed by atoms with Gasteiger partial charge in [0, 0.05) is 38.3 Å². The zero-order chi connectivity index (χ0) is 23.5. The summed E-state index contributed by atoms with van der Waals surface area (Å²) >= 11 is 0. The molecule has 0 aliphatic heterocycles. The van der Waals surface area contributed by atoms with Gasteiger partial charge in [0.15, 0.2) is 0 Å². The smallest absolute Gasteiger partial charge is 0.253 e. The largest absolute Gasteiger partial charge is 0.371 e. The molecule has 5 heteroatoms. The number of benzene rings is 1. The second-order valence-corrected chi connectivity index (χ2v) is 11.8. The van der Waals surface area contributed by atoms with Gasteiger partial charge in [0.1, 0.15) is 0 Å². The minimum absolute atomic E-state index is 0.0110. The summed E-state index contributed by atoms with van der Waals surface area (Å²) in [4.78, 5) is 29.7. The van der Waals surface area contributed by atoms with E-state index in [9.17, 15) is 9.59 Å². The van der Waals surface area contributed by atoms with E-state index >= 15 is 0 Å². The van der Waals surface area contributed by atoms with Crippen LogP contribution in [0.2, 0.25) is 0 Å². The fourth-order valence-corrected chi connectivity index (χ4v) is 3.33. The number of rotatable bonds is 6. The first-order valence-electron chi connectivity index (χ1n) is 10.7. The summed E-state index contributed by atoms with van der Waals surface area (Å²) in [6.45, 7) is 20.2. The van der Waals surface area contributed by atoms with Crippen LogP contribution in [0.3, 0.4) is 0 Å². The number of carbonyl (C=O) groups is 2. The van der Waals surface area contributed by atoms with E-state index < -0.39 is 0 Å². The van der Waals surface area contributed by atoms with E-state index in [0.29, 0.717) is 30.8 Å². The van der Waals surface area contributed by atoms with Crippen LogP contribution in [0, 0.1) is 10.8 Å². The molecular formula is C25H42N2O3. The van der Waals surface area contributed by atoms with E-state index in [0.717, 1.165) is 5.56 Å². The maximum Gasteiger partial charge on any atom is 0.253 e. The second kappa shape index (κ2) is 9.51. The summed E-state index contributed by atoms with van der Waals surface area (Å²) in [6, 6.07) is 5.39. The molecule has 0 saturated carbocycles. The van der Waals surface area contributed by atoms with Gasteiger partial charge in [0.25, 0.3) is 11.8 Å². The molecular weight excluding hydrogens is 376 g/mol. The Hall–Kier alpha value is -1.88. The van der Waals surface area contributed by atoms with Crippen molar-refractivity contribution in [1.82, 2.24) is 9.80 Å². The third kappa shape index (κ3) is 9.29. The molecule has 0 unspecified atom stereocenters. The van der Waals surface area contributed by atoms with Crippen molar-refractivity contribution in [3.63, 3.8) is 0 Å². The highest BCUT2D eigenvalue weighted by Gasteiger charge is 2.23. The summed E-state index contributed by atoms with van der Waals surface area (Å²) in [5.74, 6) is -0.176. The van der Waals surface area contributed by atoms with Crippen LogP contribution in [-0.4, -0.2) is 54.4 Å². The minimum Gasteiger partial charge on any atom is -0.371 e. The quantitative estimate of drug-likeness (QED) is 0.635. The van der Waals surface area contributed by atoms with E-state index in [1.165, 1.54) is 0 Å². The van der Waals surface area contributed by atoms with Crippen molar-refractivity contribution < 1.29 is 14.3 Å². The average Bonchev–Trinajstić information content (AvgIpc) is 2.54. The summed E-state index contributed by atoms with van der Waals surface area (Å²) in [5, 5.41) is 0. The van der Waals surface area contributed by atoms with Crippen molar-refractivity contribution in [2.45, 2.75) is 74.5 Å². The molecule has 1 aromatic carbocycles. The van der Waals surface area contributed by atoms with E-state index in [-0.39, 0.29) is 28.2 Å². The summed E-state index contributed by atoms with van der Waals surface area (Å²) in [5.41, 5.74) is 1.53. The summed E-state index contributed by atoms with van der Waals surface area (Å²) in [6.07, 6.45) is 0. The highest BCUT2D eigenvalue weighted by molar-refractivity contribution is 6.00. The van der Waals surface area contributed by atoms with Crippen LogP contribution in [0.5, 0.6) is 0 Å². The van der Waals surface area contributed by atoms with Gasteiger partial charge in [-0.25, -0.2) is 0 Å². The number of nitrogens with zero attached hydrogens (tertiary/aromatic N) is 2. The van der Waals surface area contributed by atoms with Crippen molar-refractivity contribution in [2.24, 2.45) is 10.8 Å². The van der Waals surface area contributed by atoms with Gasteiger partial charge in [0.2, 0.25) is 0 Å². The van der Waals surface area contributed by atoms with Gasteiger partial charge in [-0.2, -0.15) is 0 Å². The van der Waals surface area contributed by atoms with Crippen molar-refractivity contribution in [3.05, 3.63) is 34.9 Å². The van der Waals surface area contributed by atoms with Crippen LogP contribution in [0.25, 0.3) is 0 Å². The van der Waals surface area contributed by atoms with E-state index in [1.54, 1.807) is 30.0 Å². The fraction of sp³-hybridized carbons (Fsp3) is 0.680. The first kappa shape index (κ1) is 26.2. The van der Waals surface area contributed by atoms with Gasteiger partial charge in [-0.05, 0) is 55.4 Å². The Morgan fingerprint density at radius 1 is 0.733 bits per heavy atom. The zero-order valence-electron chi connectivity index (χ0n) is 21.0. The Bertz CT molecular complexity index is 697. The molecule has 0 saturated heterocycles. The van der Waals surface area contributed by atoms with Crippen LogP contribution in [0.1, 0.15) is 88.6 Å². The predicted molar refractivity (Wildman–Crippen MR) is 124 cm³/mol. The lowest BCUT2D eigenvalue weighted by molar-refractivity contribution is -0.0149. The van der Waals surface area contributed by atoms with Crippen LogP contribution < -0.4 is 0 Å². The molecule has 0 radical (unpaired) electrons. The molecule has 0 aliphatic carbocycles. The molecule has 0 aliphatic rings. The van der Waals surface area contributed by atoms with E-state index in [2.05, 4.69) is 41.5 Å². The van der Waals surface area contributed by atoms with Crippen LogP contribution >= 0.6 is 0 Å². The fourth-order valence-electron chi connectivity index (χ4n) is 3.33. The Morgan fingerprint density at radius 2 is 1.10 bits per heavy atom. The SMILES string of the molecule is CN(CC(C)(C)C)C(=O)c1cc(COC(C)(C)C)cc(C(=O)N(C)CC(C)(C)C)c1. The van der Waals surface area contributed by atoms with Crippen molar-refractivity contribution in [3.8, 4) is 0 Å². The molecule has 0 aromatic heterocycles. The second-order valence-electron chi connectivity index (χ2n) is 11.8. The standard InChI is InChI=1S/C25H42N2O3/c1-23(2,3)16-26(10)21(28)19-12-18(15-30-25(7,8)9)13-20(14-19)22(29)27(11)17-24(4,5)6/h12-14H,15-17H2,1-11H3. The molecule has 1 aromatic rings. The Balaban J connectivity index is 3.28. The zero-order valence-corrected chi connectivity index (χ0v) is 21.0. The minimum atomic E-state index is -0.309. The molecule has 2 amide bonds. The summed E-state index contributed by atoms with van der Waals surface area (Å²) < 4.78 is 5.92. The molecule has 0 atom stereocenters. The lowest BCUT2D eigenvalue weighted by Gasteiger charge is -2.28. The monoisotopic (exact) mass is 418 g/mol. The van der Waals surface area contributed by atoms with Crippen LogP contribution in [0.15, 0.2) is 18.2 Å². The molecule has 0 heterocycles. The predicted octanol–water partition coefficient (Wildman–Crippen LogP) is 5.24. The number of hydrogen-bond acceptors (Lipinski definition) is 3.